The maximum absolute atomic E-state index is 12.8. The van der Waals surface area contributed by atoms with Gasteiger partial charge >= 0.3 is 0 Å². The number of nitrogens with one attached hydrogen (secondary N) is 1. The van der Waals surface area contributed by atoms with Gasteiger partial charge in [0.05, 0.1) is 28.2 Å². The Kier molecular flexibility index (Phi) is 7.00. The number of rotatable bonds is 6. The Morgan fingerprint density at radius 1 is 1.13 bits per heavy atom. The van der Waals surface area contributed by atoms with Gasteiger partial charge in [-0.3, -0.25) is 14.4 Å². The van der Waals surface area contributed by atoms with Gasteiger partial charge in [-0.1, -0.05) is 48.3 Å². The van der Waals surface area contributed by atoms with Crippen molar-refractivity contribution in [2.24, 2.45) is 5.92 Å². The summed E-state index contributed by atoms with van der Waals surface area (Å²) in [5.41, 5.74) is 2.27. The van der Waals surface area contributed by atoms with Crippen molar-refractivity contribution >= 4 is 52.3 Å². The number of para-hydroxylation sites is 1. The summed E-state index contributed by atoms with van der Waals surface area (Å²) in [6.45, 7) is 2.19. The standard InChI is InChI=1S/C22H23Cl2N3O3/c1-3-14-7-9-16(10-8-14)27-12-15(11-20(27)29)22(30)26(2)13-19(28)25-21-17(23)5-4-6-18(21)24/h4-10,15H,3,11-13H2,1-2H3,(H,25,28)/t15-/m1/s1. The molecule has 1 saturated heterocycles. The Balaban J connectivity index is 1.60. The molecule has 1 heterocycles. The molecule has 0 aliphatic carbocycles. The van der Waals surface area contributed by atoms with E-state index in [1.807, 2.05) is 24.3 Å². The topological polar surface area (TPSA) is 69.7 Å². The van der Waals surface area contributed by atoms with E-state index in [0.29, 0.717) is 22.3 Å². The molecule has 3 amide bonds. The lowest BCUT2D eigenvalue weighted by Crippen LogP contribution is -2.39. The SMILES string of the molecule is CCc1ccc(N2C[C@H](C(=O)N(C)CC(=O)Nc3c(Cl)cccc3Cl)CC2=O)cc1. The first kappa shape index (κ1) is 22.1. The van der Waals surface area contributed by atoms with E-state index in [-0.39, 0.29) is 24.8 Å². The molecule has 30 heavy (non-hydrogen) atoms. The quantitative estimate of drug-likeness (QED) is 0.726. The molecule has 0 bridgehead atoms. The molecule has 0 spiro atoms. The maximum Gasteiger partial charge on any atom is 0.244 e. The van der Waals surface area contributed by atoms with Gasteiger partial charge in [0, 0.05) is 25.7 Å². The lowest BCUT2D eigenvalue weighted by Gasteiger charge is -2.21. The number of hydrogen-bond donors (Lipinski definition) is 1. The number of nitrogens with zero attached hydrogens (tertiary/aromatic N) is 2. The van der Waals surface area contributed by atoms with E-state index in [0.717, 1.165) is 12.1 Å². The minimum absolute atomic E-state index is 0.0988. The van der Waals surface area contributed by atoms with E-state index in [9.17, 15) is 14.4 Å². The third kappa shape index (κ3) is 4.94. The highest BCUT2D eigenvalue weighted by atomic mass is 35.5. The molecule has 3 rings (SSSR count). The zero-order chi connectivity index (χ0) is 21.8. The molecule has 1 aliphatic rings. The molecule has 2 aromatic carbocycles. The van der Waals surface area contributed by atoms with Gasteiger partial charge in [0.25, 0.3) is 0 Å². The van der Waals surface area contributed by atoms with Gasteiger partial charge in [0.15, 0.2) is 0 Å². The summed E-state index contributed by atoms with van der Waals surface area (Å²) in [5, 5.41) is 3.27. The third-order valence-corrected chi connectivity index (χ3v) is 5.74. The summed E-state index contributed by atoms with van der Waals surface area (Å²) in [5.74, 6) is -1.27. The first-order valence-corrected chi connectivity index (χ1v) is 10.4. The third-order valence-electron chi connectivity index (χ3n) is 5.11. The summed E-state index contributed by atoms with van der Waals surface area (Å²) in [6.07, 6.45) is 1.04. The Bertz CT molecular complexity index is 942. The van der Waals surface area contributed by atoms with Crippen LogP contribution in [0, 0.1) is 5.92 Å². The number of amides is 3. The second kappa shape index (κ2) is 9.49. The van der Waals surface area contributed by atoms with E-state index in [1.165, 1.54) is 10.5 Å². The van der Waals surface area contributed by atoms with E-state index >= 15 is 0 Å². The van der Waals surface area contributed by atoms with Gasteiger partial charge in [0.1, 0.15) is 0 Å². The number of likely N-dealkylation sites (N-methyl/N-ethyl adjacent to an activating group) is 1. The van der Waals surface area contributed by atoms with E-state index in [2.05, 4.69) is 12.2 Å². The Hall–Kier alpha value is -2.57. The number of benzene rings is 2. The van der Waals surface area contributed by atoms with Gasteiger partial charge in [-0.05, 0) is 36.2 Å². The Morgan fingerprint density at radius 2 is 1.77 bits per heavy atom. The fourth-order valence-electron chi connectivity index (χ4n) is 3.44. The highest BCUT2D eigenvalue weighted by molar-refractivity contribution is 6.39. The highest BCUT2D eigenvalue weighted by Gasteiger charge is 2.36. The molecule has 1 N–H and O–H groups in total. The number of anilines is 2. The minimum atomic E-state index is -0.495. The normalized spacial score (nSPS) is 15.9. The number of carbonyl (C=O) groups excluding carboxylic acids is 3. The van der Waals surface area contributed by atoms with Gasteiger partial charge in [-0.25, -0.2) is 0 Å². The second-order valence-electron chi connectivity index (χ2n) is 7.26. The van der Waals surface area contributed by atoms with Crippen LogP contribution < -0.4 is 10.2 Å². The average molecular weight is 448 g/mol. The Labute approximate surface area is 185 Å². The predicted molar refractivity (Wildman–Crippen MR) is 119 cm³/mol. The molecule has 0 unspecified atom stereocenters. The summed E-state index contributed by atoms with van der Waals surface area (Å²) in [6, 6.07) is 12.7. The zero-order valence-electron chi connectivity index (χ0n) is 16.8. The molecule has 8 heteroatoms. The van der Waals surface area contributed by atoms with Crippen LogP contribution in [0.2, 0.25) is 10.0 Å². The summed E-state index contributed by atoms with van der Waals surface area (Å²) in [7, 11) is 1.54. The number of carbonyl (C=O) groups is 3. The first-order valence-electron chi connectivity index (χ1n) is 9.68. The molecular formula is C22H23Cl2N3O3. The molecule has 1 fully saturated rings. The molecule has 2 aromatic rings. The molecule has 1 aliphatic heterocycles. The van der Waals surface area contributed by atoms with Crippen molar-refractivity contribution in [2.75, 3.05) is 30.4 Å². The molecule has 1 atom stereocenters. The van der Waals surface area contributed by atoms with Gasteiger partial charge in [-0.15, -0.1) is 0 Å². The first-order chi connectivity index (χ1) is 14.3. The fourth-order valence-corrected chi connectivity index (χ4v) is 3.93. The second-order valence-corrected chi connectivity index (χ2v) is 8.08. The highest BCUT2D eigenvalue weighted by Crippen LogP contribution is 2.30. The van der Waals surface area contributed by atoms with Crippen LogP contribution in [-0.2, 0) is 20.8 Å². The van der Waals surface area contributed by atoms with Crippen molar-refractivity contribution in [1.29, 1.82) is 0 Å². The van der Waals surface area contributed by atoms with Crippen LogP contribution in [0.4, 0.5) is 11.4 Å². The summed E-state index contributed by atoms with van der Waals surface area (Å²) in [4.78, 5) is 40.6. The molecular weight excluding hydrogens is 425 g/mol. The molecule has 0 saturated carbocycles. The van der Waals surface area contributed by atoms with Crippen LogP contribution in [0.25, 0.3) is 0 Å². The van der Waals surface area contributed by atoms with Crippen LogP contribution in [0.1, 0.15) is 18.9 Å². The van der Waals surface area contributed by atoms with E-state index in [1.54, 1.807) is 30.1 Å². The molecule has 158 valence electrons. The van der Waals surface area contributed by atoms with Crippen LogP contribution in [0.3, 0.4) is 0 Å². The van der Waals surface area contributed by atoms with Crippen molar-refractivity contribution in [3.8, 4) is 0 Å². The number of aryl methyl sites for hydroxylation is 1. The van der Waals surface area contributed by atoms with Crippen molar-refractivity contribution in [3.05, 3.63) is 58.1 Å². The summed E-state index contributed by atoms with van der Waals surface area (Å²) < 4.78 is 0. The van der Waals surface area contributed by atoms with Gasteiger partial charge in [-0.2, -0.15) is 0 Å². The van der Waals surface area contributed by atoms with Crippen LogP contribution in [0.5, 0.6) is 0 Å². The molecule has 0 aromatic heterocycles. The monoisotopic (exact) mass is 447 g/mol. The van der Waals surface area contributed by atoms with Crippen molar-refractivity contribution in [1.82, 2.24) is 4.90 Å². The van der Waals surface area contributed by atoms with Crippen molar-refractivity contribution in [3.63, 3.8) is 0 Å². The van der Waals surface area contributed by atoms with Crippen LogP contribution in [-0.4, -0.2) is 42.8 Å². The predicted octanol–water partition coefficient (Wildman–Crippen LogP) is 4.01. The van der Waals surface area contributed by atoms with Gasteiger partial charge < -0.3 is 15.1 Å². The smallest absolute Gasteiger partial charge is 0.244 e. The van der Waals surface area contributed by atoms with Gasteiger partial charge in [0.2, 0.25) is 17.7 Å². The fraction of sp³-hybridized carbons (Fsp3) is 0.318. The van der Waals surface area contributed by atoms with E-state index in [4.69, 9.17) is 23.2 Å². The minimum Gasteiger partial charge on any atom is -0.336 e. The molecule has 0 radical (unpaired) electrons. The van der Waals surface area contributed by atoms with E-state index < -0.39 is 11.8 Å². The van der Waals surface area contributed by atoms with Crippen molar-refractivity contribution < 1.29 is 14.4 Å². The largest absolute Gasteiger partial charge is 0.336 e. The molecule has 6 nitrogen and oxygen atoms in total. The van der Waals surface area contributed by atoms with Crippen LogP contribution in [0.15, 0.2) is 42.5 Å². The van der Waals surface area contributed by atoms with Crippen LogP contribution >= 0.6 is 23.2 Å². The maximum atomic E-state index is 12.8. The van der Waals surface area contributed by atoms with Crippen molar-refractivity contribution in [2.45, 2.75) is 19.8 Å². The Morgan fingerprint density at radius 3 is 2.37 bits per heavy atom. The zero-order valence-corrected chi connectivity index (χ0v) is 18.3. The summed E-state index contributed by atoms with van der Waals surface area (Å²) >= 11 is 12.1. The average Bonchev–Trinajstić information content (AvgIpc) is 3.11. The number of hydrogen-bond acceptors (Lipinski definition) is 3. The number of halogens is 2. The lowest BCUT2D eigenvalue weighted by molar-refractivity contribution is -0.137. The lowest BCUT2D eigenvalue weighted by atomic mass is 10.1.